The highest BCUT2D eigenvalue weighted by Gasteiger charge is 2.24. The lowest BCUT2D eigenvalue weighted by Gasteiger charge is -2.18. The van der Waals surface area contributed by atoms with Crippen LogP contribution in [0.4, 0.5) is 0 Å². The van der Waals surface area contributed by atoms with E-state index in [1.54, 1.807) is 30.3 Å². The molecule has 2 aromatic carbocycles. The van der Waals surface area contributed by atoms with Crippen molar-refractivity contribution in [3.8, 4) is 11.5 Å². The highest BCUT2D eigenvalue weighted by atomic mass is 35.5. The molecule has 0 saturated heterocycles. The molecule has 0 spiro atoms. The van der Waals surface area contributed by atoms with Crippen molar-refractivity contribution in [2.24, 2.45) is 0 Å². The van der Waals surface area contributed by atoms with Gasteiger partial charge in [0.15, 0.2) is 11.5 Å². The van der Waals surface area contributed by atoms with Crippen molar-refractivity contribution in [1.82, 2.24) is 5.32 Å². The van der Waals surface area contributed by atoms with Crippen molar-refractivity contribution in [3.05, 3.63) is 57.6 Å². The summed E-state index contributed by atoms with van der Waals surface area (Å²) in [7, 11) is -0.549. The monoisotopic (exact) mass is 447 g/mol. The van der Waals surface area contributed by atoms with Gasteiger partial charge in [-0.3, -0.25) is 4.57 Å². The molecule has 0 saturated carbocycles. The van der Waals surface area contributed by atoms with Crippen molar-refractivity contribution < 1.29 is 24.0 Å². The molecule has 154 valence electrons. The molecule has 0 radical (unpaired) electrons. The van der Waals surface area contributed by atoms with Gasteiger partial charge in [-0.2, -0.15) is 0 Å². The fourth-order valence-electron chi connectivity index (χ4n) is 2.76. The first-order valence-corrected chi connectivity index (χ1v) is 11.4. The van der Waals surface area contributed by atoms with E-state index in [-0.39, 0.29) is 18.9 Å². The van der Waals surface area contributed by atoms with E-state index < -0.39 is 13.5 Å². The Morgan fingerprint density at radius 1 is 1.04 bits per heavy atom. The van der Waals surface area contributed by atoms with Crippen molar-refractivity contribution in [3.63, 3.8) is 0 Å². The molecule has 0 aliphatic carbocycles. The topological polar surface area (TPSA) is 88.0 Å². The molecule has 0 aliphatic rings. The number of rotatable bonds is 10. The molecule has 6 nitrogen and oxygen atoms in total. The van der Waals surface area contributed by atoms with E-state index in [2.05, 4.69) is 5.32 Å². The molecule has 2 rings (SSSR count). The number of ether oxygens (including phenoxy) is 2. The molecule has 1 unspecified atom stereocenters. The minimum absolute atomic E-state index is 0.0583. The molecule has 9 heteroatoms. The minimum atomic E-state index is -3.58. The number of nitrogens with one attached hydrogen (secondary N) is 1. The van der Waals surface area contributed by atoms with Gasteiger partial charge in [-0.05, 0) is 35.4 Å². The summed E-state index contributed by atoms with van der Waals surface area (Å²) in [5.41, 5.74) is 1.54. The van der Waals surface area contributed by atoms with Crippen LogP contribution in [0, 0.1) is 0 Å². The number of hydrogen-bond donors (Lipinski definition) is 3. The van der Waals surface area contributed by atoms with Crippen molar-refractivity contribution in [1.29, 1.82) is 0 Å². The third kappa shape index (κ3) is 6.96. The lowest BCUT2D eigenvalue weighted by molar-refractivity contribution is 0.190. The van der Waals surface area contributed by atoms with Crippen LogP contribution in [0.3, 0.4) is 0 Å². The van der Waals surface area contributed by atoms with Crippen LogP contribution in [-0.4, -0.2) is 43.0 Å². The van der Waals surface area contributed by atoms with Gasteiger partial charge < -0.3 is 24.8 Å². The minimum Gasteiger partial charge on any atom is -0.493 e. The smallest absolute Gasteiger partial charge is 0.207 e. The number of hydrogen-bond acceptors (Lipinski definition) is 5. The predicted molar refractivity (Wildman–Crippen MR) is 112 cm³/mol. The van der Waals surface area contributed by atoms with E-state index in [0.717, 1.165) is 5.56 Å². The maximum absolute atomic E-state index is 12.5. The van der Waals surface area contributed by atoms with Crippen LogP contribution in [-0.2, 0) is 17.3 Å². The van der Waals surface area contributed by atoms with Gasteiger partial charge in [0.2, 0.25) is 7.37 Å². The zero-order valence-corrected chi connectivity index (χ0v) is 18.1. The Labute approximate surface area is 174 Å². The molecule has 28 heavy (non-hydrogen) atoms. The molecule has 0 bridgehead atoms. The van der Waals surface area contributed by atoms with Gasteiger partial charge in [-0.15, -0.1) is 0 Å². The van der Waals surface area contributed by atoms with E-state index in [9.17, 15) is 14.6 Å². The van der Waals surface area contributed by atoms with Crippen LogP contribution in [0.25, 0.3) is 0 Å². The van der Waals surface area contributed by atoms with Crippen LogP contribution in [0.1, 0.15) is 11.1 Å². The fourth-order valence-corrected chi connectivity index (χ4v) is 4.76. The standard InChI is InChI=1S/C19H24Cl2NO5P/c1-26-18-6-4-14(8-19(18)27-2)11-28(24,25)12-15(23)10-22-9-13-3-5-16(20)17(21)7-13/h3-8,15,22-23H,9-12H2,1-2H3,(H,24,25)/t15-/m0/s1. The summed E-state index contributed by atoms with van der Waals surface area (Å²) in [6, 6.07) is 10.3. The number of aliphatic hydroxyl groups is 1. The number of methoxy groups -OCH3 is 2. The first-order valence-electron chi connectivity index (χ1n) is 8.58. The van der Waals surface area contributed by atoms with Gasteiger partial charge >= 0.3 is 0 Å². The zero-order valence-electron chi connectivity index (χ0n) is 15.7. The molecule has 0 fully saturated rings. The van der Waals surface area contributed by atoms with Crippen molar-refractivity contribution in [2.45, 2.75) is 18.8 Å². The molecular weight excluding hydrogens is 424 g/mol. The van der Waals surface area contributed by atoms with Gasteiger partial charge in [-0.1, -0.05) is 35.3 Å². The zero-order chi connectivity index (χ0) is 20.7. The summed E-state index contributed by atoms with van der Waals surface area (Å²) < 4.78 is 22.9. The van der Waals surface area contributed by atoms with E-state index in [1.165, 1.54) is 14.2 Å². The van der Waals surface area contributed by atoms with Crippen LogP contribution >= 0.6 is 30.6 Å². The van der Waals surface area contributed by atoms with Gasteiger partial charge in [0.05, 0.1) is 36.5 Å². The van der Waals surface area contributed by atoms with Crippen molar-refractivity contribution in [2.75, 3.05) is 26.9 Å². The third-order valence-corrected chi connectivity index (χ3v) is 6.66. The number of benzene rings is 2. The Morgan fingerprint density at radius 2 is 1.71 bits per heavy atom. The number of aliphatic hydroxyl groups excluding tert-OH is 1. The molecule has 2 atom stereocenters. The SMILES string of the molecule is COc1ccc(CP(=O)(O)C[C@@H](O)CNCc2ccc(Cl)c(Cl)c2)cc1OC. The Kier molecular flexibility index (Phi) is 8.62. The Balaban J connectivity index is 1.87. The van der Waals surface area contributed by atoms with Gasteiger partial charge in [0.25, 0.3) is 0 Å². The molecule has 2 aromatic rings. The maximum Gasteiger partial charge on any atom is 0.207 e. The first kappa shape index (κ1) is 23.0. The lowest BCUT2D eigenvalue weighted by atomic mass is 10.2. The van der Waals surface area contributed by atoms with Crippen LogP contribution in [0.15, 0.2) is 36.4 Å². The van der Waals surface area contributed by atoms with E-state index in [1.807, 2.05) is 6.07 Å². The van der Waals surface area contributed by atoms with Crippen LogP contribution < -0.4 is 14.8 Å². The molecular formula is C19H24Cl2NO5P. The Bertz CT molecular complexity index is 849. The average molecular weight is 448 g/mol. The lowest BCUT2D eigenvalue weighted by Crippen LogP contribution is -2.29. The summed E-state index contributed by atoms with van der Waals surface area (Å²) >= 11 is 11.8. The second-order valence-electron chi connectivity index (χ2n) is 6.41. The predicted octanol–water partition coefficient (Wildman–Crippen LogP) is 3.93. The molecule has 3 N–H and O–H groups in total. The van der Waals surface area contributed by atoms with Gasteiger partial charge in [0.1, 0.15) is 0 Å². The van der Waals surface area contributed by atoms with Gasteiger partial charge in [0, 0.05) is 19.3 Å². The van der Waals surface area contributed by atoms with E-state index in [4.69, 9.17) is 32.7 Å². The number of halogens is 2. The first-order chi connectivity index (χ1) is 13.2. The average Bonchev–Trinajstić information content (AvgIpc) is 2.63. The Morgan fingerprint density at radius 3 is 2.36 bits per heavy atom. The second kappa shape index (κ2) is 10.5. The highest BCUT2D eigenvalue weighted by molar-refractivity contribution is 7.57. The summed E-state index contributed by atoms with van der Waals surface area (Å²) in [6.07, 6.45) is -1.23. The normalized spacial score (nSPS) is 14.4. The van der Waals surface area contributed by atoms with Crippen LogP contribution in [0.5, 0.6) is 11.5 Å². The van der Waals surface area contributed by atoms with Gasteiger partial charge in [-0.25, -0.2) is 0 Å². The fraction of sp³-hybridized carbons (Fsp3) is 0.368. The highest BCUT2D eigenvalue weighted by Crippen LogP contribution is 2.46. The quantitative estimate of drug-likeness (QED) is 0.478. The van der Waals surface area contributed by atoms with E-state index >= 15 is 0 Å². The van der Waals surface area contributed by atoms with Crippen molar-refractivity contribution >= 4 is 30.6 Å². The summed E-state index contributed by atoms with van der Waals surface area (Å²) in [4.78, 5) is 10.3. The van der Waals surface area contributed by atoms with E-state index in [0.29, 0.717) is 33.7 Å². The summed E-state index contributed by atoms with van der Waals surface area (Å²) in [5, 5.41) is 14.1. The molecule has 0 aromatic heterocycles. The maximum atomic E-state index is 12.5. The third-order valence-electron chi connectivity index (χ3n) is 4.07. The Hall–Kier alpha value is -1.27. The molecule has 0 heterocycles. The summed E-state index contributed by atoms with van der Waals surface area (Å²) in [6.45, 7) is 0.635. The van der Waals surface area contributed by atoms with Crippen LogP contribution in [0.2, 0.25) is 10.0 Å². The second-order valence-corrected chi connectivity index (χ2v) is 9.60. The molecule has 0 aliphatic heterocycles. The molecule has 0 amide bonds. The largest absolute Gasteiger partial charge is 0.493 e. The summed E-state index contributed by atoms with van der Waals surface area (Å²) in [5.74, 6) is 1.04.